The van der Waals surface area contributed by atoms with E-state index in [-0.39, 0.29) is 28.8 Å². The second kappa shape index (κ2) is 15.5. The van der Waals surface area contributed by atoms with Crippen molar-refractivity contribution in [3.63, 3.8) is 0 Å². The second-order valence-corrected chi connectivity index (χ2v) is 11.8. The highest BCUT2D eigenvalue weighted by molar-refractivity contribution is 7.92. The van der Waals surface area contributed by atoms with E-state index in [1.807, 2.05) is 44.2 Å². The molecule has 0 spiro atoms. The first-order chi connectivity index (χ1) is 20.2. The third-order valence-electron chi connectivity index (χ3n) is 6.76. The summed E-state index contributed by atoms with van der Waals surface area (Å²) in [5, 5.41) is 3.30. The molecule has 1 N–H and O–H groups in total. The van der Waals surface area contributed by atoms with Crippen LogP contribution in [-0.4, -0.2) is 65.0 Å². The molecule has 0 heterocycles. The number of nitrogens with zero attached hydrogens (tertiary/aromatic N) is 2. The average Bonchev–Trinajstić information content (AvgIpc) is 3.01. The number of carbonyl (C=O) groups excluding carboxylic acids is 2. The molecule has 0 bridgehead atoms. The van der Waals surface area contributed by atoms with Crippen LogP contribution in [0.5, 0.6) is 11.5 Å². The molecule has 11 heteroatoms. The van der Waals surface area contributed by atoms with Gasteiger partial charge in [-0.1, -0.05) is 55.8 Å². The fraction of sp³-hybridized carbons (Fsp3) is 0.355. The topological polar surface area (TPSA) is 105 Å². The van der Waals surface area contributed by atoms with Gasteiger partial charge in [0.15, 0.2) is 11.5 Å². The van der Waals surface area contributed by atoms with Gasteiger partial charge in [0.1, 0.15) is 12.6 Å². The Labute approximate surface area is 253 Å². The van der Waals surface area contributed by atoms with E-state index >= 15 is 0 Å². The lowest BCUT2D eigenvalue weighted by Crippen LogP contribution is -2.53. The molecule has 3 aromatic rings. The molecule has 0 aliphatic rings. The Morgan fingerprint density at radius 2 is 1.60 bits per heavy atom. The van der Waals surface area contributed by atoms with E-state index in [2.05, 4.69) is 5.32 Å². The SMILES string of the molecule is CCCNC(=O)C(CC)N(CCc1ccccc1)C(=O)CN(c1ccc(Cl)cc1)S(=O)(=O)c1ccc(OC)c(OC)c1. The summed E-state index contributed by atoms with van der Waals surface area (Å²) in [6, 6.07) is 19.3. The first kappa shape index (κ1) is 32.8. The molecule has 226 valence electrons. The van der Waals surface area contributed by atoms with Crippen molar-refractivity contribution >= 4 is 39.1 Å². The Balaban J connectivity index is 2.04. The fourth-order valence-electron chi connectivity index (χ4n) is 4.50. The van der Waals surface area contributed by atoms with Gasteiger partial charge >= 0.3 is 0 Å². The van der Waals surface area contributed by atoms with E-state index in [1.165, 1.54) is 49.5 Å². The lowest BCUT2D eigenvalue weighted by molar-refractivity contribution is -0.139. The summed E-state index contributed by atoms with van der Waals surface area (Å²) in [7, 11) is -1.42. The zero-order valence-electron chi connectivity index (χ0n) is 24.4. The highest BCUT2D eigenvalue weighted by Gasteiger charge is 2.33. The molecule has 0 saturated heterocycles. The minimum absolute atomic E-state index is 0.0912. The molecule has 2 amide bonds. The van der Waals surface area contributed by atoms with Crippen molar-refractivity contribution in [2.45, 2.75) is 44.0 Å². The normalized spacial score (nSPS) is 11.8. The van der Waals surface area contributed by atoms with Crippen LogP contribution in [0.2, 0.25) is 5.02 Å². The van der Waals surface area contributed by atoms with E-state index in [4.69, 9.17) is 21.1 Å². The number of anilines is 1. The number of nitrogens with one attached hydrogen (secondary N) is 1. The van der Waals surface area contributed by atoms with Gasteiger partial charge in [-0.15, -0.1) is 0 Å². The van der Waals surface area contributed by atoms with Crippen LogP contribution in [0.15, 0.2) is 77.7 Å². The largest absolute Gasteiger partial charge is 0.493 e. The number of amides is 2. The van der Waals surface area contributed by atoms with E-state index < -0.39 is 28.5 Å². The second-order valence-electron chi connectivity index (χ2n) is 9.54. The quantitative estimate of drug-likeness (QED) is 0.260. The first-order valence-electron chi connectivity index (χ1n) is 13.8. The summed E-state index contributed by atoms with van der Waals surface area (Å²) in [5.41, 5.74) is 1.24. The van der Waals surface area contributed by atoms with Gasteiger partial charge in [-0.25, -0.2) is 8.42 Å². The minimum atomic E-state index is -4.28. The molecular formula is C31H38ClN3O6S. The maximum Gasteiger partial charge on any atom is 0.264 e. The van der Waals surface area contributed by atoms with Crippen molar-refractivity contribution in [1.82, 2.24) is 10.2 Å². The Morgan fingerprint density at radius 3 is 2.19 bits per heavy atom. The molecule has 3 rings (SSSR count). The summed E-state index contributed by atoms with van der Waals surface area (Å²) in [5.74, 6) is -0.199. The Morgan fingerprint density at radius 1 is 0.929 bits per heavy atom. The van der Waals surface area contributed by atoms with E-state index in [1.54, 1.807) is 12.1 Å². The molecule has 1 atom stereocenters. The van der Waals surface area contributed by atoms with Crippen LogP contribution in [0.4, 0.5) is 5.69 Å². The van der Waals surface area contributed by atoms with Crippen LogP contribution in [-0.2, 0) is 26.0 Å². The number of hydrogen-bond donors (Lipinski definition) is 1. The van der Waals surface area contributed by atoms with Gasteiger partial charge in [-0.3, -0.25) is 13.9 Å². The van der Waals surface area contributed by atoms with Crippen LogP contribution in [0.25, 0.3) is 0 Å². The number of halogens is 1. The number of ether oxygens (including phenoxy) is 2. The summed E-state index contributed by atoms with van der Waals surface area (Å²) in [6.07, 6.45) is 1.60. The molecule has 0 aliphatic heterocycles. The molecule has 0 radical (unpaired) electrons. The molecule has 0 aliphatic carbocycles. The van der Waals surface area contributed by atoms with Crippen molar-refractivity contribution in [2.24, 2.45) is 0 Å². The standard InChI is InChI=1S/C31H38ClN3O6S/c1-5-19-33-31(37)27(6-2)34(20-18-23-10-8-7-9-11-23)30(36)22-35(25-14-12-24(32)13-15-25)42(38,39)26-16-17-28(40-3)29(21-26)41-4/h7-17,21,27H,5-6,18-20,22H2,1-4H3,(H,33,37). The molecule has 9 nitrogen and oxygen atoms in total. The van der Waals surface area contributed by atoms with Gasteiger partial charge in [0.05, 0.1) is 24.8 Å². The van der Waals surface area contributed by atoms with Crippen LogP contribution >= 0.6 is 11.6 Å². The number of benzene rings is 3. The van der Waals surface area contributed by atoms with Crippen molar-refractivity contribution in [3.05, 3.63) is 83.4 Å². The Kier molecular flexibility index (Phi) is 12.1. The van der Waals surface area contributed by atoms with Crippen LogP contribution < -0.4 is 19.1 Å². The van der Waals surface area contributed by atoms with Gasteiger partial charge in [0.25, 0.3) is 10.0 Å². The van der Waals surface area contributed by atoms with Crippen molar-refractivity contribution in [3.8, 4) is 11.5 Å². The molecule has 0 saturated carbocycles. The number of methoxy groups -OCH3 is 2. The summed E-state index contributed by atoms with van der Waals surface area (Å²) >= 11 is 6.10. The Bertz CT molecular complexity index is 1430. The maximum absolute atomic E-state index is 14.1. The smallest absolute Gasteiger partial charge is 0.264 e. The summed E-state index contributed by atoms with van der Waals surface area (Å²) in [6.45, 7) is 3.94. The highest BCUT2D eigenvalue weighted by Crippen LogP contribution is 2.32. The van der Waals surface area contributed by atoms with Gasteiger partial charge in [-0.2, -0.15) is 0 Å². The maximum atomic E-state index is 14.1. The van der Waals surface area contributed by atoms with E-state index in [0.29, 0.717) is 30.2 Å². The minimum Gasteiger partial charge on any atom is -0.493 e. The van der Waals surface area contributed by atoms with Crippen LogP contribution in [0.3, 0.4) is 0 Å². The lowest BCUT2D eigenvalue weighted by atomic mass is 10.1. The highest BCUT2D eigenvalue weighted by atomic mass is 35.5. The van der Waals surface area contributed by atoms with E-state index in [9.17, 15) is 18.0 Å². The molecule has 42 heavy (non-hydrogen) atoms. The third kappa shape index (κ3) is 8.17. The average molecular weight is 616 g/mol. The van der Waals surface area contributed by atoms with Crippen molar-refractivity contribution in [1.29, 1.82) is 0 Å². The Hall–Kier alpha value is -3.76. The molecular weight excluding hydrogens is 578 g/mol. The van der Waals surface area contributed by atoms with Gasteiger partial charge in [-0.05, 0) is 61.2 Å². The summed E-state index contributed by atoms with van der Waals surface area (Å²) < 4.78 is 39.8. The number of rotatable bonds is 15. The number of hydrogen-bond acceptors (Lipinski definition) is 6. The monoisotopic (exact) mass is 615 g/mol. The first-order valence-corrected chi connectivity index (χ1v) is 15.6. The van der Waals surface area contributed by atoms with Gasteiger partial charge in [0.2, 0.25) is 11.8 Å². The molecule has 0 aromatic heterocycles. The number of sulfonamides is 1. The molecule has 1 unspecified atom stereocenters. The van der Waals surface area contributed by atoms with Crippen molar-refractivity contribution < 1.29 is 27.5 Å². The van der Waals surface area contributed by atoms with Gasteiger partial charge < -0.3 is 19.7 Å². The van der Waals surface area contributed by atoms with Crippen LogP contribution in [0.1, 0.15) is 32.3 Å². The van der Waals surface area contributed by atoms with Crippen molar-refractivity contribution in [2.75, 3.05) is 38.2 Å². The van der Waals surface area contributed by atoms with Crippen LogP contribution in [0, 0.1) is 0 Å². The predicted molar refractivity (Wildman–Crippen MR) is 165 cm³/mol. The molecule has 0 fully saturated rings. The fourth-order valence-corrected chi connectivity index (χ4v) is 6.06. The third-order valence-corrected chi connectivity index (χ3v) is 8.78. The molecule has 3 aromatic carbocycles. The zero-order valence-corrected chi connectivity index (χ0v) is 26.0. The lowest BCUT2D eigenvalue weighted by Gasteiger charge is -2.33. The van der Waals surface area contributed by atoms with E-state index in [0.717, 1.165) is 16.3 Å². The zero-order chi connectivity index (χ0) is 30.7. The van der Waals surface area contributed by atoms with Gasteiger partial charge in [0, 0.05) is 24.2 Å². The summed E-state index contributed by atoms with van der Waals surface area (Å²) in [4.78, 5) is 28.6. The number of carbonyl (C=O) groups is 2. The predicted octanol–water partition coefficient (Wildman–Crippen LogP) is 4.93.